The normalized spacial score (nSPS) is 23.0. The summed E-state index contributed by atoms with van der Waals surface area (Å²) in [5, 5.41) is 46.7. The van der Waals surface area contributed by atoms with Crippen LogP contribution < -0.4 is 5.73 Å². The van der Waals surface area contributed by atoms with Crippen molar-refractivity contribution in [3.05, 3.63) is 45.6 Å². The highest BCUT2D eigenvalue weighted by Gasteiger charge is 2.82. The summed E-state index contributed by atoms with van der Waals surface area (Å²) in [7, 11) is 0. The predicted molar refractivity (Wildman–Crippen MR) is 81.0 cm³/mol. The first-order chi connectivity index (χ1) is 11.0. The van der Waals surface area contributed by atoms with E-state index in [1.165, 1.54) is 0 Å². The van der Waals surface area contributed by atoms with Crippen LogP contribution in [0, 0.1) is 67.5 Å². The molecule has 0 unspecified atom stereocenters. The fourth-order valence-electron chi connectivity index (χ4n) is 2.91. The number of benzene rings is 1. The summed E-state index contributed by atoms with van der Waals surface area (Å²) in [6.45, 7) is 0. The molecule has 0 aromatic heterocycles. The number of halogens is 1. The Morgan fingerprint density at radius 3 is 2.09 bits per heavy atom. The standard InChI is InChI=1S/C16H7BrN6/c17-12-3-1-2-10(4-12)13-15(7-20,8-21)16(13,9-22)14(23)11(5-18)6-19/h1-4,13H,23H2/t13-,16+/m0/s1. The quantitative estimate of drug-likeness (QED) is 0.798. The van der Waals surface area contributed by atoms with Crippen molar-refractivity contribution in [2.75, 3.05) is 0 Å². The molecule has 0 saturated heterocycles. The van der Waals surface area contributed by atoms with E-state index in [-0.39, 0.29) is 5.70 Å². The van der Waals surface area contributed by atoms with Gasteiger partial charge in [0.25, 0.3) is 0 Å². The van der Waals surface area contributed by atoms with Gasteiger partial charge in [-0.1, -0.05) is 28.1 Å². The summed E-state index contributed by atoms with van der Waals surface area (Å²) >= 11 is 3.30. The van der Waals surface area contributed by atoms with Gasteiger partial charge in [0.2, 0.25) is 0 Å². The zero-order chi connectivity index (χ0) is 17.3. The zero-order valence-corrected chi connectivity index (χ0v) is 13.2. The van der Waals surface area contributed by atoms with Crippen LogP contribution in [0.3, 0.4) is 0 Å². The number of rotatable bonds is 2. The minimum absolute atomic E-state index is 0.335. The molecule has 1 fully saturated rings. The fourth-order valence-corrected chi connectivity index (χ4v) is 3.33. The zero-order valence-electron chi connectivity index (χ0n) is 11.6. The molecule has 6 nitrogen and oxygen atoms in total. The number of nitrogens with zero attached hydrogens (tertiary/aromatic N) is 5. The fraction of sp³-hybridized carbons (Fsp3) is 0.188. The minimum Gasteiger partial charge on any atom is -0.399 e. The Hall–Kier alpha value is -3.31. The van der Waals surface area contributed by atoms with Gasteiger partial charge in [-0.15, -0.1) is 0 Å². The van der Waals surface area contributed by atoms with Gasteiger partial charge in [-0.2, -0.15) is 26.3 Å². The van der Waals surface area contributed by atoms with Crippen LogP contribution in [0.15, 0.2) is 40.0 Å². The second-order valence-electron chi connectivity index (χ2n) is 4.95. The molecule has 1 aliphatic rings. The van der Waals surface area contributed by atoms with E-state index in [2.05, 4.69) is 15.9 Å². The van der Waals surface area contributed by atoms with Crippen LogP contribution in [0.4, 0.5) is 0 Å². The molecule has 0 bridgehead atoms. The third-order valence-electron chi connectivity index (χ3n) is 4.03. The topological polar surface area (TPSA) is 145 Å². The van der Waals surface area contributed by atoms with Gasteiger partial charge < -0.3 is 5.73 Å². The second kappa shape index (κ2) is 5.47. The van der Waals surface area contributed by atoms with E-state index in [9.17, 15) is 15.8 Å². The molecule has 108 valence electrons. The molecule has 23 heavy (non-hydrogen) atoms. The Labute approximate surface area is 141 Å². The molecule has 1 saturated carbocycles. The summed E-state index contributed by atoms with van der Waals surface area (Å²) in [5.41, 5.74) is 2.18. The van der Waals surface area contributed by atoms with E-state index >= 15 is 0 Å². The van der Waals surface area contributed by atoms with E-state index in [1.54, 1.807) is 36.4 Å². The van der Waals surface area contributed by atoms with Crippen molar-refractivity contribution >= 4 is 15.9 Å². The molecular formula is C16H7BrN6. The lowest BCUT2D eigenvalue weighted by atomic mass is 9.90. The van der Waals surface area contributed by atoms with Gasteiger partial charge in [0, 0.05) is 10.4 Å². The van der Waals surface area contributed by atoms with Gasteiger partial charge in [0.1, 0.15) is 23.1 Å². The number of hydrogen-bond acceptors (Lipinski definition) is 6. The first-order valence-electron chi connectivity index (χ1n) is 6.28. The Morgan fingerprint density at radius 1 is 1.04 bits per heavy atom. The summed E-state index contributed by atoms with van der Waals surface area (Å²) in [4.78, 5) is 0. The van der Waals surface area contributed by atoms with Crippen LogP contribution in [0.1, 0.15) is 11.5 Å². The number of allylic oxidation sites excluding steroid dienone is 2. The van der Waals surface area contributed by atoms with Crippen molar-refractivity contribution in [3.8, 4) is 30.3 Å². The van der Waals surface area contributed by atoms with E-state index in [0.717, 1.165) is 0 Å². The summed E-state index contributed by atoms with van der Waals surface area (Å²) in [6, 6.07) is 15.7. The molecule has 2 rings (SSSR count). The lowest BCUT2D eigenvalue weighted by Crippen LogP contribution is -2.20. The summed E-state index contributed by atoms with van der Waals surface area (Å²) < 4.78 is 0.710. The molecule has 0 spiro atoms. The van der Waals surface area contributed by atoms with Gasteiger partial charge in [-0.25, -0.2) is 0 Å². The van der Waals surface area contributed by atoms with Gasteiger partial charge >= 0.3 is 0 Å². The first kappa shape index (κ1) is 16.1. The van der Waals surface area contributed by atoms with Gasteiger partial charge in [0.15, 0.2) is 5.41 Å². The highest BCUT2D eigenvalue weighted by molar-refractivity contribution is 9.10. The third kappa shape index (κ3) is 1.88. The van der Waals surface area contributed by atoms with E-state index < -0.39 is 22.3 Å². The van der Waals surface area contributed by atoms with E-state index in [4.69, 9.17) is 16.3 Å². The molecule has 7 heteroatoms. The van der Waals surface area contributed by atoms with E-state index in [0.29, 0.717) is 10.0 Å². The summed E-state index contributed by atoms with van der Waals surface area (Å²) in [5.74, 6) is -0.843. The van der Waals surface area contributed by atoms with Crippen molar-refractivity contribution in [1.29, 1.82) is 26.3 Å². The van der Waals surface area contributed by atoms with Crippen LogP contribution in [0.25, 0.3) is 0 Å². The molecule has 2 atom stereocenters. The van der Waals surface area contributed by atoms with Crippen molar-refractivity contribution < 1.29 is 0 Å². The monoisotopic (exact) mass is 362 g/mol. The van der Waals surface area contributed by atoms with Crippen molar-refractivity contribution in [2.45, 2.75) is 5.92 Å². The number of nitriles is 5. The molecule has 0 aliphatic heterocycles. The van der Waals surface area contributed by atoms with Crippen LogP contribution in [-0.2, 0) is 0 Å². The SMILES string of the molecule is N#CC(C#N)=C(N)[C@@]1(C#N)[C@@H](c2cccc(Br)c2)C1(C#N)C#N. The number of nitrogens with two attached hydrogens (primary N) is 1. The summed E-state index contributed by atoms with van der Waals surface area (Å²) in [6.07, 6.45) is 0. The molecular weight excluding hydrogens is 356 g/mol. The molecule has 1 aliphatic carbocycles. The minimum atomic E-state index is -1.74. The number of hydrogen-bond donors (Lipinski definition) is 1. The first-order valence-corrected chi connectivity index (χ1v) is 7.08. The highest BCUT2D eigenvalue weighted by Crippen LogP contribution is 2.76. The maximum atomic E-state index is 9.67. The van der Waals surface area contributed by atoms with E-state index in [1.807, 2.05) is 18.2 Å². The van der Waals surface area contributed by atoms with Gasteiger partial charge in [-0.05, 0) is 17.7 Å². The molecule has 2 N–H and O–H groups in total. The predicted octanol–water partition coefficient (Wildman–Crippen LogP) is 2.35. The average Bonchev–Trinajstić information content (AvgIpc) is 3.19. The van der Waals surface area contributed by atoms with Crippen LogP contribution in [0.5, 0.6) is 0 Å². The van der Waals surface area contributed by atoms with Gasteiger partial charge in [0.05, 0.1) is 23.9 Å². The molecule has 0 heterocycles. The third-order valence-corrected chi connectivity index (χ3v) is 4.53. The van der Waals surface area contributed by atoms with Crippen LogP contribution in [-0.4, -0.2) is 0 Å². The lowest BCUT2D eigenvalue weighted by Gasteiger charge is -2.09. The average molecular weight is 363 g/mol. The molecule has 1 aromatic rings. The lowest BCUT2D eigenvalue weighted by molar-refractivity contribution is 0.660. The largest absolute Gasteiger partial charge is 0.399 e. The Morgan fingerprint density at radius 2 is 1.65 bits per heavy atom. The van der Waals surface area contributed by atoms with Crippen LogP contribution >= 0.6 is 15.9 Å². The maximum Gasteiger partial charge on any atom is 0.177 e. The van der Waals surface area contributed by atoms with Crippen molar-refractivity contribution in [1.82, 2.24) is 0 Å². The van der Waals surface area contributed by atoms with Gasteiger partial charge in [-0.3, -0.25) is 0 Å². The second-order valence-corrected chi connectivity index (χ2v) is 5.87. The highest BCUT2D eigenvalue weighted by atomic mass is 79.9. The van der Waals surface area contributed by atoms with Crippen molar-refractivity contribution in [2.24, 2.45) is 16.6 Å². The molecule has 1 aromatic carbocycles. The van der Waals surface area contributed by atoms with Crippen LogP contribution in [0.2, 0.25) is 0 Å². The maximum absolute atomic E-state index is 9.67. The molecule has 0 radical (unpaired) electrons. The Kier molecular flexibility index (Phi) is 3.82. The molecule has 0 amide bonds. The van der Waals surface area contributed by atoms with Crippen molar-refractivity contribution in [3.63, 3.8) is 0 Å². The Bertz CT molecular complexity index is 898. The smallest absolute Gasteiger partial charge is 0.177 e. The Balaban J connectivity index is 2.80.